The summed E-state index contributed by atoms with van der Waals surface area (Å²) < 4.78 is 24.7. The fourth-order valence-electron chi connectivity index (χ4n) is 1.27. The fourth-order valence-corrected chi connectivity index (χ4v) is 3.19. The largest absolute Gasteiger partial charge is 0.343 e. The maximum absolute atomic E-state index is 11.8. The minimum absolute atomic E-state index is 0.131. The molecule has 1 rings (SSSR count). The van der Waals surface area contributed by atoms with Crippen molar-refractivity contribution in [2.75, 3.05) is 20.4 Å². The average molecular weight is 342 g/mol. The summed E-state index contributed by atoms with van der Waals surface area (Å²) in [6.07, 6.45) is 2.35. The van der Waals surface area contributed by atoms with Gasteiger partial charge in [-0.15, -0.1) is 11.3 Å². The van der Waals surface area contributed by atoms with Gasteiger partial charge < -0.3 is 4.90 Å². The van der Waals surface area contributed by atoms with Crippen LogP contribution in [0.2, 0.25) is 4.47 Å². The van der Waals surface area contributed by atoms with E-state index < -0.39 is 15.1 Å². The molecule has 1 heterocycles. The van der Waals surface area contributed by atoms with E-state index in [2.05, 4.69) is 10.1 Å². The Labute approximate surface area is 124 Å². The molecular formula is C8H12ClN5O4S2. The van der Waals surface area contributed by atoms with Crippen molar-refractivity contribution < 1.29 is 13.5 Å². The Morgan fingerprint density at radius 1 is 1.60 bits per heavy atom. The van der Waals surface area contributed by atoms with Crippen molar-refractivity contribution in [3.63, 3.8) is 0 Å². The van der Waals surface area contributed by atoms with Crippen LogP contribution in [0, 0.1) is 10.1 Å². The highest BCUT2D eigenvalue weighted by atomic mass is 35.5. The Morgan fingerprint density at radius 3 is 2.55 bits per heavy atom. The molecule has 9 nitrogen and oxygen atoms in total. The highest BCUT2D eigenvalue weighted by Gasteiger charge is 2.27. The Kier molecular flexibility index (Phi) is 5.25. The van der Waals surface area contributed by atoms with E-state index in [0.29, 0.717) is 4.88 Å². The summed E-state index contributed by atoms with van der Waals surface area (Å²) >= 11 is 6.76. The first-order valence-corrected chi connectivity index (χ1v) is 8.13. The first kappa shape index (κ1) is 16.6. The second kappa shape index (κ2) is 6.33. The van der Waals surface area contributed by atoms with Crippen molar-refractivity contribution in [1.82, 2.24) is 14.2 Å². The molecule has 0 atom stereocenters. The quantitative estimate of drug-likeness (QED) is 0.344. The summed E-state index contributed by atoms with van der Waals surface area (Å²) in [5.74, 6) is -0.304. The van der Waals surface area contributed by atoms with Crippen LogP contribution in [-0.4, -0.2) is 53.9 Å². The van der Waals surface area contributed by atoms with Gasteiger partial charge in [0.1, 0.15) is 5.10 Å². The fraction of sp³-hybridized carbons (Fsp3) is 0.500. The second-order valence-corrected chi connectivity index (χ2v) is 7.49. The highest BCUT2D eigenvalue weighted by molar-refractivity contribution is 7.88. The first-order valence-electron chi connectivity index (χ1n) is 5.09. The summed E-state index contributed by atoms with van der Waals surface area (Å²) in [7, 11) is -0.834. The molecule has 112 valence electrons. The molecule has 1 aromatic heterocycles. The number of sulfonamides is 1. The topological polar surface area (TPSA) is 109 Å². The van der Waals surface area contributed by atoms with Crippen LogP contribution in [0.15, 0.2) is 11.3 Å². The van der Waals surface area contributed by atoms with Gasteiger partial charge in [-0.1, -0.05) is 11.6 Å². The normalized spacial score (nSPS) is 12.3. The number of hydrazone groups is 1. The van der Waals surface area contributed by atoms with Crippen LogP contribution >= 0.6 is 22.9 Å². The molecule has 0 radical (unpaired) electrons. The monoisotopic (exact) mass is 341 g/mol. The standard InChI is InChI=1S/C8H12ClN5O4S2/c1-12(2)8(11-14(15)16)13(20(3,17)18)5-6-4-10-7(9)19-6/h4H,5H2,1-3H3. The van der Waals surface area contributed by atoms with E-state index in [4.69, 9.17) is 11.6 Å². The second-order valence-electron chi connectivity index (χ2n) is 3.88. The van der Waals surface area contributed by atoms with Crippen molar-refractivity contribution in [3.8, 4) is 0 Å². The minimum Gasteiger partial charge on any atom is -0.343 e. The maximum Gasteiger partial charge on any atom is 0.287 e. The molecule has 0 amide bonds. The third-order valence-electron chi connectivity index (χ3n) is 2.02. The first-order chi connectivity index (χ1) is 9.11. The van der Waals surface area contributed by atoms with Gasteiger partial charge in [0, 0.05) is 25.2 Å². The molecule has 0 saturated carbocycles. The van der Waals surface area contributed by atoms with Crippen LogP contribution in [0.3, 0.4) is 0 Å². The molecular weight excluding hydrogens is 330 g/mol. The number of hydrogen-bond acceptors (Lipinski definition) is 6. The summed E-state index contributed by atoms with van der Waals surface area (Å²) in [4.78, 5) is 16.1. The molecule has 1 aromatic rings. The lowest BCUT2D eigenvalue weighted by Gasteiger charge is -2.25. The zero-order chi connectivity index (χ0) is 15.5. The third-order valence-corrected chi connectivity index (χ3v) is 4.21. The van der Waals surface area contributed by atoms with E-state index in [1.165, 1.54) is 25.2 Å². The minimum atomic E-state index is -3.75. The summed E-state index contributed by atoms with van der Waals surface area (Å²) in [5, 5.41) is 12.7. The van der Waals surface area contributed by atoms with Gasteiger partial charge in [0.2, 0.25) is 10.0 Å². The number of rotatable bonds is 4. The van der Waals surface area contributed by atoms with Crippen molar-refractivity contribution in [2.45, 2.75) is 6.54 Å². The van der Waals surface area contributed by atoms with Crippen molar-refractivity contribution in [2.24, 2.45) is 5.10 Å². The lowest BCUT2D eigenvalue weighted by Crippen LogP contribution is -2.43. The molecule has 0 aliphatic rings. The van der Waals surface area contributed by atoms with E-state index in [0.717, 1.165) is 21.9 Å². The Bertz CT molecular complexity index is 627. The van der Waals surface area contributed by atoms with E-state index in [1.807, 2.05) is 0 Å². The lowest BCUT2D eigenvalue weighted by atomic mass is 10.5. The van der Waals surface area contributed by atoms with Gasteiger partial charge in [0.25, 0.3) is 5.96 Å². The van der Waals surface area contributed by atoms with Crippen LogP contribution in [-0.2, 0) is 16.6 Å². The summed E-state index contributed by atoms with van der Waals surface area (Å²) in [6, 6.07) is 0. The van der Waals surface area contributed by atoms with Crippen molar-refractivity contribution in [1.29, 1.82) is 0 Å². The van der Waals surface area contributed by atoms with Crippen LogP contribution in [0.4, 0.5) is 0 Å². The molecule has 12 heteroatoms. The van der Waals surface area contributed by atoms with Crippen molar-refractivity contribution in [3.05, 3.63) is 25.7 Å². The molecule has 0 spiro atoms. The van der Waals surface area contributed by atoms with E-state index in [1.54, 1.807) is 0 Å². The van der Waals surface area contributed by atoms with Crippen LogP contribution in [0.1, 0.15) is 4.88 Å². The molecule has 0 bridgehead atoms. The van der Waals surface area contributed by atoms with Gasteiger partial charge in [-0.05, 0) is 0 Å². The number of nitro groups is 1. The molecule has 0 aromatic carbocycles. The predicted octanol–water partition coefficient (Wildman–Crippen LogP) is 0.667. The van der Waals surface area contributed by atoms with Gasteiger partial charge >= 0.3 is 0 Å². The Morgan fingerprint density at radius 2 is 2.20 bits per heavy atom. The van der Waals surface area contributed by atoms with E-state index in [9.17, 15) is 18.5 Å². The smallest absolute Gasteiger partial charge is 0.287 e. The lowest BCUT2D eigenvalue weighted by molar-refractivity contribution is -0.486. The molecule has 0 unspecified atom stereocenters. The maximum atomic E-state index is 11.8. The molecule has 0 saturated heterocycles. The van der Waals surface area contributed by atoms with Crippen LogP contribution in [0.5, 0.6) is 0 Å². The summed E-state index contributed by atoms with van der Waals surface area (Å²) in [6.45, 7) is -0.131. The number of hydrogen-bond donors (Lipinski definition) is 0. The molecule has 0 aliphatic heterocycles. The number of thiazole rings is 1. The van der Waals surface area contributed by atoms with E-state index >= 15 is 0 Å². The highest BCUT2D eigenvalue weighted by Crippen LogP contribution is 2.21. The SMILES string of the molecule is CN(C)C(=N[N+](=O)[O-])N(Cc1cnc(Cl)s1)S(C)(=O)=O. The number of aromatic nitrogens is 1. The Balaban J connectivity index is 3.21. The van der Waals surface area contributed by atoms with E-state index in [-0.39, 0.29) is 17.0 Å². The van der Waals surface area contributed by atoms with Crippen LogP contribution < -0.4 is 0 Å². The third kappa shape index (κ3) is 4.58. The van der Waals surface area contributed by atoms with Gasteiger partial charge in [0.15, 0.2) is 9.50 Å². The molecule has 0 N–H and O–H groups in total. The molecule has 0 fully saturated rings. The average Bonchev–Trinajstić information content (AvgIpc) is 2.67. The zero-order valence-corrected chi connectivity index (χ0v) is 13.2. The zero-order valence-electron chi connectivity index (χ0n) is 10.8. The van der Waals surface area contributed by atoms with Gasteiger partial charge in [-0.2, -0.15) is 0 Å². The van der Waals surface area contributed by atoms with Gasteiger partial charge in [-0.3, -0.25) is 0 Å². The number of nitrogens with zero attached hydrogens (tertiary/aromatic N) is 5. The van der Waals surface area contributed by atoms with Gasteiger partial charge in [0.05, 0.1) is 12.8 Å². The Hall–Kier alpha value is -1.46. The molecule has 20 heavy (non-hydrogen) atoms. The molecule has 0 aliphatic carbocycles. The summed E-state index contributed by atoms with van der Waals surface area (Å²) in [5.41, 5.74) is 0. The number of halogens is 1. The predicted molar refractivity (Wildman–Crippen MR) is 75.6 cm³/mol. The number of guanidine groups is 1. The van der Waals surface area contributed by atoms with Crippen LogP contribution in [0.25, 0.3) is 0 Å². The van der Waals surface area contributed by atoms with Crippen molar-refractivity contribution >= 4 is 38.9 Å². The van der Waals surface area contributed by atoms with Gasteiger partial charge in [-0.25, -0.2) is 27.8 Å².